The topological polar surface area (TPSA) is 189 Å². The van der Waals surface area contributed by atoms with Gasteiger partial charge in [-0.25, -0.2) is 17.6 Å². The van der Waals surface area contributed by atoms with Gasteiger partial charge in [-0.3, -0.25) is 28.8 Å². The molecule has 3 N–H and O–H groups in total. The molecule has 2 amide bonds. The number of benzene rings is 3. The van der Waals surface area contributed by atoms with Gasteiger partial charge in [0.05, 0.1) is 22.2 Å². The largest absolute Gasteiger partial charge is 0.503 e. The minimum Gasteiger partial charge on any atom is -0.503 e. The van der Waals surface area contributed by atoms with Crippen LogP contribution in [0.25, 0.3) is 0 Å². The molecule has 2 aliphatic carbocycles. The van der Waals surface area contributed by atoms with Gasteiger partial charge in [-0.05, 0) is 82.2 Å². The summed E-state index contributed by atoms with van der Waals surface area (Å²) in [5.74, 6) is -6.43. The molecule has 9 rings (SSSR count). The third-order valence-electron chi connectivity index (χ3n) is 14.3. The van der Waals surface area contributed by atoms with Gasteiger partial charge in [-0.1, -0.05) is 42.5 Å². The quantitative estimate of drug-likeness (QED) is 0.0749. The first-order chi connectivity index (χ1) is 33.8. The van der Waals surface area contributed by atoms with Gasteiger partial charge in [0, 0.05) is 87.6 Å². The monoisotopic (exact) mass is 1020 g/mol. The van der Waals surface area contributed by atoms with Crippen LogP contribution in [0.4, 0.5) is 17.6 Å². The molecule has 2 aliphatic heterocycles. The van der Waals surface area contributed by atoms with Gasteiger partial charge >= 0.3 is 0 Å². The van der Waals surface area contributed by atoms with E-state index < -0.39 is 68.4 Å². The number of hydrogen-bond donors (Lipinski definition) is 3. The van der Waals surface area contributed by atoms with Crippen LogP contribution in [0.2, 0.25) is 0 Å². The highest BCUT2D eigenvalue weighted by Crippen LogP contribution is 2.55. The van der Waals surface area contributed by atoms with Crippen LogP contribution in [0.3, 0.4) is 0 Å². The lowest BCUT2D eigenvalue weighted by Crippen LogP contribution is -2.52. The number of aryl methyl sites for hydroxylation is 2. The van der Waals surface area contributed by atoms with Gasteiger partial charge in [0.1, 0.15) is 29.9 Å². The maximum absolute atomic E-state index is 14.2. The molecule has 0 radical (unpaired) electrons. The van der Waals surface area contributed by atoms with Gasteiger partial charge in [-0.2, -0.15) is 0 Å². The van der Waals surface area contributed by atoms with Gasteiger partial charge in [0.25, 0.3) is 11.8 Å². The van der Waals surface area contributed by atoms with E-state index in [-0.39, 0.29) is 127 Å². The van der Waals surface area contributed by atoms with Crippen molar-refractivity contribution in [3.63, 3.8) is 0 Å². The van der Waals surface area contributed by atoms with E-state index in [4.69, 9.17) is 4.74 Å². The number of halogens is 5. The molecule has 2 fully saturated rings. The van der Waals surface area contributed by atoms with Crippen molar-refractivity contribution < 1.29 is 56.8 Å². The molecule has 19 heteroatoms. The highest BCUT2D eigenvalue weighted by molar-refractivity contribution is 6.01. The van der Waals surface area contributed by atoms with E-state index in [0.29, 0.717) is 25.9 Å². The average Bonchev–Trinajstić information content (AvgIpc) is 4.25. The number of carbonyl (C=O) groups is 4. The molecule has 14 nitrogen and oxygen atoms in total. The smallest absolute Gasteiger partial charge is 0.274 e. The van der Waals surface area contributed by atoms with Crippen LogP contribution < -0.4 is 15.6 Å². The fourth-order valence-electron chi connectivity index (χ4n) is 9.95. The van der Waals surface area contributed by atoms with Crippen molar-refractivity contribution in [1.29, 1.82) is 0 Å². The van der Waals surface area contributed by atoms with Crippen molar-refractivity contribution in [2.75, 3.05) is 26.3 Å². The van der Waals surface area contributed by atoms with Crippen LogP contribution >= 0.6 is 12.4 Å². The Balaban J connectivity index is 0.000000212. The number of aliphatic hydroxyl groups is 2. The lowest BCUT2D eigenvalue weighted by molar-refractivity contribution is 0.0544. The van der Waals surface area contributed by atoms with Crippen molar-refractivity contribution in [3.8, 4) is 11.5 Å². The van der Waals surface area contributed by atoms with Crippen LogP contribution in [0.5, 0.6) is 11.5 Å². The molecule has 4 aliphatic rings. The summed E-state index contributed by atoms with van der Waals surface area (Å²) in [6.45, 7) is 7.78. The Morgan fingerprint density at radius 2 is 1.11 bits per heavy atom. The van der Waals surface area contributed by atoms with Crippen LogP contribution in [-0.4, -0.2) is 96.0 Å². The van der Waals surface area contributed by atoms with Gasteiger partial charge in [-0.15, -0.1) is 12.4 Å². The Morgan fingerprint density at radius 3 is 1.54 bits per heavy atom. The van der Waals surface area contributed by atoms with E-state index in [9.17, 15) is 61.6 Å². The number of ketones is 2. The van der Waals surface area contributed by atoms with Crippen molar-refractivity contribution in [2.24, 2.45) is 11.8 Å². The number of carbonyl (C=O) groups excluding carboxylic acids is 4. The second-order valence-electron chi connectivity index (χ2n) is 19.4. The number of rotatable bonds is 15. The minimum atomic E-state index is -0.962. The summed E-state index contributed by atoms with van der Waals surface area (Å²) in [6.07, 6.45) is 3.27. The number of aliphatic hydroxyl groups excluding tert-OH is 2. The number of nitrogens with zero attached hydrogens (tertiary/aromatic N) is 4. The Kier molecular flexibility index (Phi) is 15.4. The Morgan fingerprint density at radius 1 is 0.667 bits per heavy atom. The zero-order valence-corrected chi connectivity index (χ0v) is 40.8. The normalized spacial score (nSPS) is 20.5. The lowest BCUT2D eigenvalue weighted by Gasteiger charge is -2.40. The first-order valence-electron chi connectivity index (χ1n) is 23.5. The number of fused-ring (bicyclic) bond motifs is 4. The van der Waals surface area contributed by atoms with Crippen molar-refractivity contribution >= 4 is 35.8 Å². The first-order valence-corrected chi connectivity index (χ1v) is 23.5. The van der Waals surface area contributed by atoms with Crippen LogP contribution in [0, 0.1) is 35.1 Å². The van der Waals surface area contributed by atoms with E-state index in [1.54, 1.807) is 14.4 Å². The molecule has 3 aromatic carbocycles. The predicted octanol–water partition coefficient (Wildman–Crippen LogP) is 6.73. The average molecular weight is 1020 g/mol. The maximum atomic E-state index is 14.2. The Hall–Kier alpha value is -6.63. The number of aromatic nitrogens is 2. The molecule has 2 spiro atoms. The van der Waals surface area contributed by atoms with Crippen LogP contribution in [0.1, 0.15) is 112 Å². The van der Waals surface area contributed by atoms with E-state index in [2.05, 4.69) is 0 Å². The molecule has 2 saturated carbocycles. The molecule has 5 aromatic rings. The van der Waals surface area contributed by atoms with Gasteiger partial charge < -0.3 is 39.0 Å². The third kappa shape index (κ3) is 9.83. The first kappa shape index (κ1) is 53.2. The van der Waals surface area contributed by atoms with Gasteiger partial charge in [0.2, 0.25) is 10.9 Å². The molecule has 4 atom stereocenters. The fraction of sp³-hybridized carbons (Fsp3) is 0.396. The molecule has 0 saturated heterocycles. The van der Waals surface area contributed by atoms with Crippen LogP contribution in [0.15, 0.2) is 88.7 Å². The summed E-state index contributed by atoms with van der Waals surface area (Å²) in [5, 5.41) is 30.4. The Labute approximate surface area is 417 Å². The number of hydrogen-bond acceptors (Lipinski definition) is 10. The molecular formula is C53H55ClF4N4O10. The number of pyridine rings is 2. The van der Waals surface area contributed by atoms with Crippen molar-refractivity contribution in [3.05, 3.63) is 162 Å². The molecule has 382 valence electrons. The summed E-state index contributed by atoms with van der Waals surface area (Å²) in [6, 6.07) is 15.0. The van der Waals surface area contributed by atoms with Crippen molar-refractivity contribution in [2.45, 2.75) is 96.0 Å². The second kappa shape index (κ2) is 20.8. The van der Waals surface area contributed by atoms with Crippen molar-refractivity contribution in [1.82, 2.24) is 18.9 Å². The standard InChI is InChI=1S/C30H30F2N2O5.C23H24F2N2O5.ClH/c1-18(2)33-17-30(13-21(30)15-35)34-14-23(25(36)11-9-20-8-10-22(31)12-24(20)32)27(37)28(26(34)29(33)38)39-16-19-6-4-3-5-7-19;1-12(2)26-11-23(8-14(23)10-28)27-9-16(20(30)21(31)19(27)22(26)32)18(29)6-4-13-3-5-15(24)7-17(13)25;/h3-8,10,12,14,18,21,35H,9,11,13,15-17H2,1-2H3;3,5,7,9,12,14,28,31H,4,6,8,10-11H2,1-2H3;1H/t21-,30+;14-,23+;/m00./s1. The predicted molar refractivity (Wildman–Crippen MR) is 258 cm³/mol. The second-order valence-corrected chi connectivity index (χ2v) is 19.4. The molecule has 4 heterocycles. The molecule has 2 aromatic heterocycles. The lowest BCUT2D eigenvalue weighted by atomic mass is 9.99. The van der Waals surface area contributed by atoms with Crippen LogP contribution in [-0.2, 0) is 30.5 Å². The minimum absolute atomic E-state index is 0. The summed E-state index contributed by atoms with van der Waals surface area (Å²) < 4.78 is 63.6. The van der Waals surface area contributed by atoms with E-state index >= 15 is 0 Å². The summed E-state index contributed by atoms with van der Waals surface area (Å²) in [4.78, 5) is 82.6. The molecular weight excluding hydrogens is 964 g/mol. The number of ether oxygens (including phenoxy) is 1. The molecule has 72 heavy (non-hydrogen) atoms. The zero-order valence-electron chi connectivity index (χ0n) is 40.0. The highest BCUT2D eigenvalue weighted by atomic mass is 35.5. The third-order valence-corrected chi connectivity index (χ3v) is 14.3. The van der Waals surface area contributed by atoms with E-state index in [1.165, 1.54) is 29.1 Å². The number of aromatic hydroxyl groups is 1. The summed E-state index contributed by atoms with van der Waals surface area (Å²) >= 11 is 0. The SMILES string of the molecule is CC(C)N1C[C@@]2(C[C@H]2CO)n2cc(C(=O)CCc3ccc(F)cc3F)c(=O)c(O)c2C1=O.CC(C)N1C[C@@]2(C[C@H]2CO)n2cc(C(=O)CCc3ccc(F)cc3F)c(=O)c(OCc3ccccc3)c2C1=O.Cl. The highest BCUT2D eigenvalue weighted by Gasteiger charge is 2.62. The summed E-state index contributed by atoms with van der Waals surface area (Å²) in [7, 11) is 0. The zero-order chi connectivity index (χ0) is 51.3. The Bertz CT molecular complexity index is 3070. The van der Waals surface area contributed by atoms with E-state index in [0.717, 1.165) is 29.8 Å². The maximum Gasteiger partial charge on any atom is 0.274 e. The number of Topliss-reactive ketones (excluding diaryl/α,β-unsaturated/α-hetero) is 2. The van der Waals surface area contributed by atoms with E-state index in [1.807, 2.05) is 58.0 Å². The number of amides is 2. The molecule has 0 bridgehead atoms. The fourth-order valence-corrected chi connectivity index (χ4v) is 9.95. The van der Waals surface area contributed by atoms with Gasteiger partial charge in [0.15, 0.2) is 34.5 Å². The summed E-state index contributed by atoms with van der Waals surface area (Å²) in [5.41, 5.74) is -2.58. The molecule has 0 unspecified atom stereocenters.